The predicted molar refractivity (Wildman–Crippen MR) is 73.4 cm³/mol. The molecular weight excluding hydrogens is 224 g/mol. The first-order valence-corrected chi connectivity index (χ1v) is 6.35. The van der Waals surface area contributed by atoms with E-state index in [0.29, 0.717) is 6.61 Å². The van der Waals surface area contributed by atoms with Gasteiger partial charge in [0, 0.05) is 0 Å². The molecule has 2 rings (SSSR count). The van der Waals surface area contributed by atoms with Crippen LogP contribution in [0.15, 0.2) is 42.5 Å². The van der Waals surface area contributed by atoms with E-state index in [1.54, 1.807) is 0 Å². The second-order valence-electron chi connectivity index (χ2n) is 4.54. The molecule has 0 radical (unpaired) electrons. The summed E-state index contributed by atoms with van der Waals surface area (Å²) in [6, 6.07) is 14.6. The van der Waals surface area contributed by atoms with Crippen molar-refractivity contribution in [1.29, 1.82) is 0 Å². The number of fused-ring (bicyclic) bond motifs is 1. The van der Waals surface area contributed by atoms with Crippen LogP contribution in [0.5, 0.6) is 0 Å². The van der Waals surface area contributed by atoms with E-state index >= 15 is 0 Å². The quantitative estimate of drug-likeness (QED) is 0.766. The standard InChI is InChI=1S/C16H18O2/c1-3-18-16(17)12(2)10-13-8-9-14-6-4-5-7-15(14)11-13/h4-9,11-12H,3,10H2,1-2H3/t12-/m1/s1. The van der Waals surface area contributed by atoms with Crippen molar-refractivity contribution in [1.82, 2.24) is 0 Å². The molecule has 0 fully saturated rings. The van der Waals surface area contributed by atoms with Crippen LogP contribution in [0.4, 0.5) is 0 Å². The SMILES string of the molecule is CCOC(=O)[C@H](C)Cc1ccc2ccccc2c1. The fourth-order valence-corrected chi connectivity index (χ4v) is 2.09. The second kappa shape index (κ2) is 5.67. The van der Waals surface area contributed by atoms with Gasteiger partial charge in [0.2, 0.25) is 0 Å². The number of esters is 1. The van der Waals surface area contributed by atoms with Gasteiger partial charge in [0.05, 0.1) is 12.5 Å². The lowest BCUT2D eigenvalue weighted by molar-refractivity contribution is -0.147. The summed E-state index contributed by atoms with van der Waals surface area (Å²) in [4.78, 5) is 11.6. The highest BCUT2D eigenvalue weighted by molar-refractivity contribution is 5.83. The van der Waals surface area contributed by atoms with Crippen molar-refractivity contribution in [2.45, 2.75) is 20.3 Å². The summed E-state index contributed by atoms with van der Waals surface area (Å²) in [5.41, 5.74) is 1.18. The van der Waals surface area contributed by atoms with E-state index < -0.39 is 0 Å². The normalized spacial score (nSPS) is 12.3. The van der Waals surface area contributed by atoms with Crippen LogP contribution < -0.4 is 0 Å². The zero-order chi connectivity index (χ0) is 13.0. The topological polar surface area (TPSA) is 26.3 Å². The third kappa shape index (κ3) is 2.89. The first-order chi connectivity index (χ1) is 8.70. The summed E-state index contributed by atoms with van der Waals surface area (Å²) in [6.45, 7) is 4.19. The number of rotatable bonds is 4. The van der Waals surface area contributed by atoms with Crippen LogP contribution in [-0.4, -0.2) is 12.6 Å². The van der Waals surface area contributed by atoms with Crippen molar-refractivity contribution in [3.05, 3.63) is 48.0 Å². The highest BCUT2D eigenvalue weighted by Gasteiger charge is 2.14. The van der Waals surface area contributed by atoms with Gasteiger partial charge in [0.1, 0.15) is 0 Å². The van der Waals surface area contributed by atoms with Crippen LogP contribution in [0.1, 0.15) is 19.4 Å². The molecule has 0 saturated heterocycles. The first kappa shape index (κ1) is 12.6. The van der Waals surface area contributed by atoms with Crippen molar-refractivity contribution >= 4 is 16.7 Å². The van der Waals surface area contributed by atoms with Crippen LogP contribution in [0, 0.1) is 5.92 Å². The van der Waals surface area contributed by atoms with Crippen molar-refractivity contribution in [2.75, 3.05) is 6.61 Å². The predicted octanol–water partition coefficient (Wildman–Crippen LogP) is 3.58. The van der Waals surface area contributed by atoms with Gasteiger partial charge in [-0.2, -0.15) is 0 Å². The Labute approximate surface area is 108 Å². The molecule has 2 nitrogen and oxygen atoms in total. The van der Waals surface area contributed by atoms with Gasteiger partial charge in [-0.25, -0.2) is 0 Å². The molecule has 0 aliphatic rings. The van der Waals surface area contributed by atoms with Gasteiger partial charge in [-0.3, -0.25) is 4.79 Å². The number of carbonyl (C=O) groups is 1. The highest BCUT2D eigenvalue weighted by Crippen LogP contribution is 2.18. The van der Waals surface area contributed by atoms with Crippen molar-refractivity contribution in [3.8, 4) is 0 Å². The molecule has 2 heteroatoms. The van der Waals surface area contributed by atoms with E-state index in [1.807, 2.05) is 26.0 Å². The average Bonchev–Trinajstić information content (AvgIpc) is 2.39. The van der Waals surface area contributed by atoms with E-state index in [0.717, 1.165) is 6.42 Å². The van der Waals surface area contributed by atoms with Crippen LogP contribution >= 0.6 is 0 Å². The van der Waals surface area contributed by atoms with Crippen molar-refractivity contribution in [2.24, 2.45) is 5.92 Å². The molecule has 0 amide bonds. The minimum Gasteiger partial charge on any atom is -0.466 e. The molecule has 94 valence electrons. The van der Waals surface area contributed by atoms with Gasteiger partial charge in [-0.15, -0.1) is 0 Å². The minimum absolute atomic E-state index is 0.0916. The van der Waals surface area contributed by atoms with Gasteiger partial charge in [0.15, 0.2) is 0 Å². The highest BCUT2D eigenvalue weighted by atomic mass is 16.5. The average molecular weight is 242 g/mol. The van der Waals surface area contributed by atoms with Gasteiger partial charge in [-0.05, 0) is 29.7 Å². The summed E-state index contributed by atoms with van der Waals surface area (Å²) in [5.74, 6) is -0.211. The fraction of sp³-hybridized carbons (Fsp3) is 0.312. The van der Waals surface area contributed by atoms with Crippen LogP contribution in [-0.2, 0) is 16.0 Å². The molecule has 1 atom stereocenters. The summed E-state index contributed by atoms with van der Waals surface area (Å²) >= 11 is 0. The number of benzene rings is 2. The van der Waals surface area contributed by atoms with Crippen LogP contribution in [0.25, 0.3) is 10.8 Å². The summed E-state index contributed by atoms with van der Waals surface area (Å²) in [6.07, 6.45) is 0.726. The lowest BCUT2D eigenvalue weighted by Crippen LogP contribution is -2.16. The lowest BCUT2D eigenvalue weighted by atomic mass is 9.98. The Morgan fingerprint density at radius 1 is 1.17 bits per heavy atom. The molecule has 2 aromatic carbocycles. The van der Waals surface area contributed by atoms with E-state index in [1.165, 1.54) is 16.3 Å². The smallest absolute Gasteiger partial charge is 0.308 e. The molecule has 2 aromatic rings. The van der Waals surface area contributed by atoms with Gasteiger partial charge in [0.25, 0.3) is 0 Å². The maximum atomic E-state index is 11.6. The molecule has 0 unspecified atom stereocenters. The van der Waals surface area contributed by atoms with Gasteiger partial charge < -0.3 is 4.74 Å². The monoisotopic (exact) mass is 242 g/mol. The van der Waals surface area contributed by atoms with Gasteiger partial charge >= 0.3 is 5.97 Å². The Hall–Kier alpha value is -1.83. The Balaban J connectivity index is 2.14. The zero-order valence-corrected chi connectivity index (χ0v) is 10.8. The minimum atomic E-state index is -0.120. The molecule has 0 bridgehead atoms. The van der Waals surface area contributed by atoms with Crippen molar-refractivity contribution in [3.63, 3.8) is 0 Å². The number of hydrogen-bond acceptors (Lipinski definition) is 2. The molecule has 0 aliphatic carbocycles. The Morgan fingerprint density at radius 3 is 2.61 bits per heavy atom. The molecule has 18 heavy (non-hydrogen) atoms. The van der Waals surface area contributed by atoms with Crippen LogP contribution in [0.3, 0.4) is 0 Å². The molecular formula is C16H18O2. The maximum absolute atomic E-state index is 11.6. The summed E-state index contributed by atoms with van der Waals surface area (Å²) in [5, 5.41) is 2.44. The molecule has 0 heterocycles. The molecule has 0 spiro atoms. The van der Waals surface area contributed by atoms with Crippen LogP contribution in [0.2, 0.25) is 0 Å². The van der Waals surface area contributed by atoms with E-state index in [4.69, 9.17) is 4.74 Å². The van der Waals surface area contributed by atoms with Gasteiger partial charge in [-0.1, -0.05) is 49.4 Å². The number of ether oxygens (including phenoxy) is 1. The number of carbonyl (C=O) groups excluding carboxylic acids is 1. The maximum Gasteiger partial charge on any atom is 0.308 e. The number of hydrogen-bond donors (Lipinski definition) is 0. The van der Waals surface area contributed by atoms with E-state index in [9.17, 15) is 4.79 Å². The Kier molecular flexibility index (Phi) is 3.98. The molecule has 0 aromatic heterocycles. The van der Waals surface area contributed by atoms with E-state index in [2.05, 4.69) is 30.3 Å². The largest absolute Gasteiger partial charge is 0.466 e. The summed E-state index contributed by atoms with van der Waals surface area (Å²) < 4.78 is 5.02. The first-order valence-electron chi connectivity index (χ1n) is 6.35. The fourth-order valence-electron chi connectivity index (χ4n) is 2.09. The zero-order valence-electron chi connectivity index (χ0n) is 10.8. The third-order valence-corrected chi connectivity index (χ3v) is 3.04. The second-order valence-corrected chi connectivity index (χ2v) is 4.54. The van der Waals surface area contributed by atoms with E-state index in [-0.39, 0.29) is 11.9 Å². The summed E-state index contributed by atoms with van der Waals surface area (Å²) in [7, 11) is 0. The molecule has 0 aliphatic heterocycles. The van der Waals surface area contributed by atoms with Crippen molar-refractivity contribution < 1.29 is 9.53 Å². The molecule has 0 N–H and O–H groups in total. The molecule has 0 saturated carbocycles. The lowest BCUT2D eigenvalue weighted by Gasteiger charge is -2.11. The Morgan fingerprint density at radius 2 is 1.89 bits per heavy atom. The Bertz CT molecular complexity index is 546. The third-order valence-electron chi connectivity index (χ3n) is 3.04.